The van der Waals surface area contributed by atoms with E-state index in [1.807, 2.05) is 0 Å². The standard InChI is InChI=1S/C22H36N4O2/c1-3-4-14-24-20(22(27)28)13-16-23-17(2)8-5-6-10-19-12-11-18-9-7-15-25-21(18)26-19/h11-12,20,23-24H,2-10,13-16H2,1H3,(H,25,26)(H,27,28). The van der Waals surface area contributed by atoms with Crippen molar-refractivity contribution in [1.82, 2.24) is 15.6 Å². The number of aryl methyl sites for hydroxylation is 2. The molecule has 0 aliphatic carbocycles. The topological polar surface area (TPSA) is 86.3 Å². The number of allylic oxidation sites excluding steroid dienone is 1. The van der Waals surface area contributed by atoms with Gasteiger partial charge in [-0.2, -0.15) is 0 Å². The first kappa shape index (κ1) is 22.2. The van der Waals surface area contributed by atoms with Gasteiger partial charge in [0.25, 0.3) is 0 Å². The molecule has 1 atom stereocenters. The lowest BCUT2D eigenvalue weighted by molar-refractivity contribution is -0.139. The number of anilines is 1. The summed E-state index contributed by atoms with van der Waals surface area (Å²) in [6.07, 6.45) is 8.94. The molecule has 0 saturated heterocycles. The van der Waals surface area contributed by atoms with E-state index < -0.39 is 12.0 Å². The predicted molar refractivity (Wildman–Crippen MR) is 115 cm³/mol. The Bertz CT molecular complexity index is 633. The largest absolute Gasteiger partial charge is 0.480 e. The van der Waals surface area contributed by atoms with Crippen molar-refractivity contribution in [2.24, 2.45) is 0 Å². The molecular weight excluding hydrogens is 352 g/mol. The van der Waals surface area contributed by atoms with Crippen LogP contribution in [0.5, 0.6) is 0 Å². The number of hydrogen-bond donors (Lipinski definition) is 4. The Labute approximate surface area is 169 Å². The van der Waals surface area contributed by atoms with Crippen LogP contribution in [0, 0.1) is 0 Å². The van der Waals surface area contributed by atoms with Gasteiger partial charge in [0.15, 0.2) is 0 Å². The molecule has 1 aliphatic rings. The average Bonchev–Trinajstić information content (AvgIpc) is 2.70. The van der Waals surface area contributed by atoms with Crippen LogP contribution in [-0.4, -0.2) is 41.7 Å². The van der Waals surface area contributed by atoms with Crippen molar-refractivity contribution in [3.63, 3.8) is 0 Å². The lowest BCUT2D eigenvalue weighted by Crippen LogP contribution is -2.39. The first-order valence-corrected chi connectivity index (χ1v) is 10.7. The second-order valence-electron chi connectivity index (χ2n) is 7.57. The molecule has 0 amide bonds. The molecule has 1 aliphatic heterocycles. The van der Waals surface area contributed by atoms with Gasteiger partial charge >= 0.3 is 5.97 Å². The highest BCUT2D eigenvalue weighted by Crippen LogP contribution is 2.20. The molecule has 0 spiro atoms. The van der Waals surface area contributed by atoms with Gasteiger partial charge in [-0.05, 0) is 69.5 Å². The average molecular weight is 389 g/mol. The molecule has 28 heavy (non-hydrogen) atoms. The number of nitrogens with zero attached hydrogens (tertiary/aromatic N) is 1. The minimum absolute atomic E-state index is 0.490. The summed E-state index contributed by atoms with van der Waals surface area (Å²) in [4.78, 5) is 16.0. The van der Waals surface area contributed by atoms with Crippen molar-refractivity contribution in [3.05, 3.63) is 35.7 Å². The van der Waals surface area contributed by atoms with Crippen LogP contribution in [0.2, 0.25) is 0 Å². The molecule has 1 aromatic rings. The third-order valence-corrected chi connectivity index (χ3v) is 5.14. The molecule has 0 saturated carbocycles. The van der Waals surface area contributed by atoms with E-state index in [1.54, 1.807) is 0 Å². The van der Waals surface area contributed by atoms with Gasteiger partial charge in [0.05, 0.1) is 0 Å². The monoisotopic (exact) mass is 388 g/mol. The molecule has 2 heterocycles. The normalized spacial score (nSPS) is 14.0. The van der Waals surface area contributed by atoms with Crippen LogP contribution in [0.25, 0.3) is 0 Å². The Balaban J connectivity index is 1.59. The number of hydrogen-bond acceptors (Lipinski definition) is 5. The van der Waals surface area contributed by atoms with Crippen molar-refractivity contribution in [2.45, 2.75) is 70.8 Å². The zero-order valence-corrected chi connectivity index (χ0v) is 17.2. The van der Waals surface area contributed by atoms with E-state index in [1.165, 1.54) is 12.0 Å². The zero-order chi connectivity index (χ0) is 20.2. The molecule has 4 N–H and O–H groups in total. The van der Waals surface area contributed by atoms with Crippen molar-refractivity contribution in [1.29, 1.82) is 0 Å². The number of carboxylic acids is 1. The number of carbonyl (C=O) groups is 1. The van der Waals surface area contributed by atoms with Gasteiger partial charge in [-0.1, -0.05) is 26.0 Å². The number of unbranched alkanes of at least 4 members (excludes halogenated alkanes) is 2. The predicted octanol–water partition coefficient (Wildman–Crippen LogP) is 3.49. The Morgan fingerprint density at radius 1 is 1.32 bits per heavy atom. The van der Waals surface area contributed by atoms with Gasteiger partial charge in [-0.25, -0.2) is 4.98 Å². The molecule has 0 fully saturated rings. The fourth-order valence-electron chi connectivity index (χ4n) is 3.40. The summed E-state index contributed by atoms with van der Waals surface area (Å²) in [5.41, 5.74) is 3.46. The Hall–Kier alpha value is -2.08. The minimum Gasteiger partial charge on any atom is -0.480 e. The minimum atomic E-state index is -0.782. The van der Waals surface area contributed by atoms with E-state index in [9.17, 15) is 9.90 Å². The molecule has 0 aromatic carbocycles. The van der Waals surface area contributed by atoms with Crippen LogP contribution >= 0.6 is 0 Å². The van der Waals surface area contributed by atoms with Crippen LogP contribution < -0.4 is 16.0 Å². The molecule has 1 unspecified atom stereocenters. The fraction of sp³-hybridized carbons (Fsp3) is 0.636. The second kappa shape index (κ2) is 12.4. The lowest BCUT2D eigenvalue weighted by Gasteiger charge is -2.17. The van der Waals surface area contributed by atoms with Gasteiger partial charge in [0.1, 0.15) is 11.9 Å². The quantitative estimate of drug-likeness (QED) is 0.365. The van der Waals surface area contributed by atoms with Crippen molar-refractivity contribution in [2.75, 3.05) is 25.0 Å². The maximum absolute atomic E-state index is 11.3. The zero-order valence-electron chi connectivity index (χ0n) is 17.2. The first-order valence-electron chi connectivity index (χ1n) is 10.7. The first-order chi connectivity index (χ1) is 13.6. The van der Waals surface area contributed by atoms with Crippen molar-refractivity contribution in [3.8, 4) is 0 Å². The van der Waals surface area contributed by atoms with E-state index >= 15 is 0 Å². The van der Waals surface area contributed by atoms with Gasteiger partial charge in [-0.15, -0.1) is 0 Å². The fourth-order valence-corrected chi connectivity index (χ4v) is 3.40. The number of aromatic nitrogens is 1. The highest BCUT2D eigenvalue weighted by Gasteiger charge is 2.15. The Morgan fingerprint density at radius 2 is 2.18 bits per heavy atom. The summed E-state index contributed by atoms with van der Waals surface area (Å²) in [6.45, 7) is 8.57. The second-order valence-corrected chi connectivity index (χ2v) is 7.57. The van der Waals surface area contributed by atoms with Gasteiger partial charge < -0.3 is 21.1 Å². The van der Waals surface area contributed by atoms with Crippen molar-refractivity contribution >= 4 is 11.8 Å². The molecule has 0 bridgehead atoms. The smallest absolute Gasteiger partial charge is 0.320 e. The molecule has 6 heteroatoms. The number of carboxylic acid groups (broad SMARTS) is 1. The number of pyridine rings is 1. The molecule has 0 radical (unpaired) electrons. The summed E-state index contributed by atoms with van der Waals surface area (Å²) >= 11 is 0. The van der Waals surface area contributed by atoms with E-state index in [4.69, 9.17) is 4.98 Å². The summed E-state index contributed by atoms with van der Waals surface area (Å²) < 4.78 is 0. The molecule has 6 nitrogen and oxygen atoms in total. The molecule has 156 valence electrons. The van der Waals surface area contributed by atoms with Gasteiger partial charge in [0.2, 0.25) is 0 Å². The molecule has 1 aromatic heterocycles. The third-order valence-electron chi connectivity index (χ3n) is 5.14. The van der Waals surface area contributed by atoms with Crippen LogP contribution in [0.15, 0.2) is 24.4 Å². The summed E-state index contributed by atoms with van der Waals surface area (Å²) in [5.74, 6) is 0.283. The van der Waals surface area contributed by atoms with E-state index in [0.29, 0.717) is 13.0 Å². The molecular formula is C22H36N4O2. The summed E-state index contributed by atoms with van der Waals surface area (Å²) in [7, 11) is 0. The van der Waals surface area contributed by atoms with Crippen LogP contribution in [0.4, 0.5) is 5.82 Å². The number of rotatable bonds is 14. The molecule has 2 rings (SSSR count). The number of aliphatic carboxylic acids is 1. The number of nitrogens with one attached hydrogen (secondary N) is 3. The lowest BCUT2D eigenvalue weighted by atomic mass is 10.1. The van der Waals surface area contributed by atoms with Crippen LogP contribution in [-0.2, 0) is 17.6 Å². The van der Waals surface area contributed by atoms with E-state index in [2.05, 4.69) is 41.6 Å². The van der Waals surface area contributed by atoms with Gasteiger partial charge in [0, 0.05) is 24.5 Å². The van der Waals surface area contributed by atoms with E-state index in [-0.39, 0.29) is 0 Å². The SMILES string of the molecule is C=C(CCCCc1ccc2c(n1)NCCC2)NCCC(NCCCC)C(=O)O. The van der Waals surface area contributed by atoms with E-state index in [0.717, 1.165) is 75.2 Å². The van der Waals surface area contributed by atoms with Crippen LogP contribution in [0.3, 0.4) is 0 Å². The third kappa shape index (κ3) is 7.89. The highest BCUT2D eigenvalue weighted by atomic mass is 16.4. The maximum Gasteiger partial charge on any atom is 0.320 e. The maximum atomic E-state index is 11.3. The Kier molecular flexibility index (Phi) is 9.83. The Morgan fingerprint density at radius 3 is 2.96 bits per heavy atom. The van der Waals surface area contributed by atoms with Crippen LogP contribution in [0.1, 0.15) is 63.1 Å². The van der Waals surface area contributed by atoms with Gasteiger partial charge in [-0.3, -0.25) is 4.79 Å². The van der Waals surface area contributed by atoms with Crippen molar-refractivity contribution < 1.29 is 9.90 Å². The highest BCUT2D eigenvalue weighted by molar-refractivity contribution is 5.73. The summed E-state index contributed by atoms with van der Waals surface area (Å²) in [6, 6.07) is 3.87. The number of fused-ring (bicyclic) bond motifs is 1. The summed E-state index contributed by atoms with van der Waals surface area (Å²) in [5, 5.41) is 19.0.